The third kappa shape index (κ3) is 3.03. The van der Waals surface area contributed by atoms with Crippen molar-refractivity contribution in [1.82, 2.24) is 10.1 Å². The lowest BCUT2D eigenvalue weighted by Crippen LogP contribution is -1.91. The minimum absolute atomic E-state index is 0.279. The molecule has 6 heteroatoms. The Morgan fingerprint density at radius 3 is 2.67 bits per heavy atom. The van der Waals surface area contributed by atoms with Crippen LogP contribution in [0.2, 0.25) is 5.02 Å². The molecule has 106 valence electrons. The Labute approximate surface area is 125 Å². The Morgan fingerprint density at radius 2 is 1.90 bits per heavy atom. The van der Waals surface area contributed by atoms with E-state index in [0.717, 1.165) is 5.56 Å². The second-order valence-corrected chi connectivity index (χ2v) is 4.97. The fraction of sp³-hybridized carbons (Fsp3) is 0.0667. The van der Waals surface area contributed by atoms with Gasteiger partial charge in [-0.05, 0) is 35.9 Å². The number of hydrogen-bond donors (Lipinski definition) is 1. The molecule has 0 radical (unpaired) electrons. The summed E-state index contributed by atoms with van der Waals surface area (Å²) in [6.45, 7) is 0. The summed E-state index contributed by atoms with van der Waals surface area (Å²) >= 11 is 6.09. The van der Waals surface area contributed by atoms with Crippen LogP contribution in [-0.2, 0) is 6.42 Å². The molecule has 3 aromatic rings. The second kappa shape index (κ2) is 5.54. The van der Waals surface area contributed by atoms with Crippen molar-refractivity contribution in [3.8, 4) is 11.5 Å². The number of anilines is 1. The van der Waals surface area contributed by atoms with Crippen molar-refractivity contribution in [2.24, 2.45) is 0 Å². The van der Waals surface area contributed by atoms with Crippen molar-refractivity contribution >= 4 is 17.3 Å². The molecule has 0 bridgehead atoms. The molecule has 21 heavy (non-hydrogen) atoms. The first kappa shape index (κ1) is 13.6. The van der Waals surface area contributed by atoms with Crippen molar-refractivity contribution in [1.29, 1.82) is 0 Å². The second-order valence-electron chi connectivity index (χ2n) is 4.56. The van der Waals surface area contributed by atoms with Gasteiger partial charge in [-0.25, -0.2) is 4.39 Å². The van der Waals surface area contributed by atoms with Crippen LogP contribution < -0.4 is 5.73 Å². The summed E-state index contributed by atoms with van der Waals surface area (Å²) in [6, 6.07) is 11.2. The van der Waals surface area contributed by atoms with E-state index in [9.17, 15) is 4.39 Å². The zero-order valence-electron chi connectivity index (χ0n) is 10.9. The van der Waals surface area contributed by atoms with Crippen molar-refractivity contribution in [2.45, 2.75) is 6.42 Å². The molecule has 1 aromatic heterocycles. The predicted molar refractivity (Wildman–Crippen MR) is 78.4 cm³/mol. The molecular weight excluding hydrogens is 293 g/mol. The SMILES string of the molecule is Nc1ccc(Cl)c(-c2nc(Cc3ccc(F)cc3)no2)c1. The van der Waals surface area contributed by atoms with E-state index in [0.29, 0.717) is 34.4 Å². The van der Waals surface area contributed by atoms with Crippen LogP contribution in [0.25, 0.3) is 11.5 Å². The van der Waals surface area contributed by atoms with E-state index in [2.05, 4.69) is 10.1 Å². The highest BCUT2D eigenvalue weighted by molar-refractivity contribution is 6.33. The summed E-state index contributed by atoms with van der Waals surface area (Å²) in [5.74, 6) is 0.526. The van der Waals surface area contributed by atoms with Gasteiger partial charge < -0.3 is 10.3 Å². The van der Waals surface area contributed by atoms with Gasteiger partial charge in [-0.2, -0.15) is 4.98 Å². The van der Waals surface area contributed by atoms with Gasteiger partial charge in [-0.15, -0.1) is 0 Å². The van der Waals surface area contributed by atoms with E-state index in [1.54, 1.807) is 30.3 Å². The molecule has 0 saturated carbocycles. The van der Waals surface area contributed by atoms with Gasteiger partial charge in [0, 0.05) is 12.1 Å². The average Bonchev–Trinajstić information content (AvgIpc) is 2.92. The molecule has 0 spiro atoms. The van der Waals surface area contributed by atoms with E-state index in [-0.39, 0.29) is 5.82 Å². The standard InChI is InChI=1S/C15H11ClFN3O/c16-13-6-5-11(18)8-12(13)15-19-14(20-21-15)7-9-1-3-10(17)4-2-9/h1-6,8H,7,18H2. The van der Waals surface area contributed by atoms with Crippen LogP contribution in [0.4, 0.5) is 10.1 Å². The topological polar surface area (TPSA) is 64.9 Å². The lowest BCUT2D eigenvalue weighted by Gasteiger charge is -1.99. The van der Waals surface area contributed by atoms with Crippen LogP contribution in [0, 0.1) is 5.82 Å². The zero-order chi connectivity index (χ0) is 14.8. The summed E-state index contributed by atoms with van der Waals surface area (Å²) in [5, 5.41) is 4.39. The van der Waals surface area contributed by atoms with Gasteiger partial charge in [0.15, 0.2) is 5.82 Å². The maximum absolute atomic E-state index is 12.9. The van der Waals surface area contributed by atoms with Crippen LogP contribution in [-0.4, -0.2) is 10.1 Å². The molecule has 0 atom stereocenters. The minimum Gasteiger partial charge on any atom is -0.399 e. The molecule has 0 unspecified atom stereocenters. The highest BCUT2D eigenvalue weighted by Crippen LogP contribution is 2.28. The average molecular weight is 304 g/mol. The number of benzene rings is 2. The number of hydrogen-bond acceptors (Lipinski definition) is 4. The molecule has 2 N–H and O–H groups in total. The molecule has 0 aliphatic rings. The van der Waals surface area contributed by atoms with Gasteiger partial charge in [-0.1, -0.05) is 28.9 Å². The van der Waals surface area contributed by atoms with Gasteiger partial charge in [0.25, 0.3) is 5.89 Å². The Hall–Kier alpha value is -2.40. The Kier molecular flexibility index (Phi) is 3.58. The van der Waals surface area contributed by atoms with Gasteiger partial charge in [0.2, 0.25) is 0 Å². The van der Waals surface area contributed by atoms with Gasteiger partial charge in [0.05, 0.1) is 10.6 Å². The number of rotatable bonds is 3. The first-order valence-electron chi connectivity index (χ1n) is 6.24. The normalized spacial score (nSPS) is 10.8. The lowest BCUT2D eigenvalue weighted by atomic mass is 10.1. The molecule has 0 amide bonds. The highest BCUT2D eigenvalue weighted by atomic mass is 35.5. The number of nitrogens with zero attached hydrogens (tertiary/aromatic N) is 2. The summed E-state index contributed by atoms with van der Waals surface area (Å²) in [4.78, 5) is 4.29. The smallest absolute Gasteiger partial charge is 0.259 e. The monoisotopic (exact) mass is 303 g/mol. The van der Waals surface area contributed by atoms with E-state index in [1.807, 2.05) is 0 Å². The maximum atomic E-state index is 12.9. The molecule has 0 saturated heterocycles. The number of halogens is 2. The highest BCUT2D eigenvalue weighted by Gasteiger charge is 2.13. The van der Waals surface area contributed by atoms with Gasteiger partial charge >= 0.3 is 0 Å². The first-order chi connectivity index (χ1) is 10.1. The Bertz CT molecular complexity index is 771. The van der Waals surface area contributed by atoms with Crippen LogP contribution in [0.3, 0.4) is 0 Å². The third-order valence-corrected chi connectivity index (χ3v) is 3.29. The van der Waals surface area contributed by atoms with Crippen LogP contribution in [0.5, 0.6) is 0 Å². The maximum Gasteiger partial charge on any atom is 0.259 e. The minimum atomic E-state index is -0.279. The van der Waals surface area contributed by atoms with Crippen molar-refractivity contribution in [3.63, 3.8) is 0 Å². The molecule has 0 aliphatic carbocycles. The fourth-order valence-electron chi connectivity index (χ4n) is 1.93. The molecular formula is C15H11ClFN3O. The quantitative estimate of drug-likeness (QED) is 0.749. The fourth-order valence-corrected chi connectivity index (χ4v) is 2.13. The van der Waals surface area contributed by atoms with Crippen LogP contribution in [0.1, 0.15) is 11.4 Å². The lowest BCUT2D eigenvalue weighted by molar-refractivity contribution is 0.424. The summed E-state index contributed by atoms with van der Waals surface area (Å²) < 4.78 is 18.1. The number of nitrogens with two attached hydrogens (primary N) is 1. The molecule has 1 heterocycles. The van der Waals surface area contributed by atoms with Crippen molar-refractivity contribution in [3.05, 3.63) is 64.7 Å². The van der Waals surface area contributed by atoms with E-state index >= 15 is 0 Å². The van der Waals surface area contributed by atoms with Crippen LogP contribution >= 0.6 is 11.6 Å². The van der Waals surface area contributed by atoms with E-state index in [4.69, 9.17) is 21.9 Å². The largest absolute Gasteiger partial charge is 0.399 e. The molecule has 0 fully saturated rings. The zero-order valence-corrected chi connectivity index (χ0v) is 11.6. The third-order valence-electron chi connectivity index (χ3n) is 2.96. The first-order valence-corrected chi connectivity index (χ1v) is 6.62. The Balaban J connectivity index is 1.86. The molecule has 2 aromatic carbocycles. The number of aromatic nitrogens is 2. The summed E-state index contributed by atoms with van der Waals surface area (Å²) in [5.41, 5.74) is 7.77. The summed E-state index contributed by atoms with van der Waals surface area (Å²) in [6.07, 6.45) is 0.448. The van der Waals surface area contributed by atoms with E-state index < -0.39 is 0 Å². The van der Waals surface area contributed by atoms with Gasteiger partial charge in [0.1, 0.15) is 5.82 Å². The Morgan fingerprint density at radius 1 is 1.14 bits per heavy atom. The van der Waals surface area contributed by atoms with E-state index in [1.165, 1.54) is 12.1 Å². The van der Waals surface area contributed by atoms with Crippen molar-refractivity contribution < 1.29 is 8.91 Å². The molecule has 3 rings (SSSR count). The van der Waals surface area contributed by atoms with Crippen LogP contribution in [0.15, 0.2) is 47.0 Å². The molecule has 4 nitrogen and oxygen atoms in total. The van der Waals surface area contributed by atoms with Crippen molar-refractivity contribution in [2.75, 3.05) is 5.73 Å². The molecule has 0 aliphatic heterocycles. The summed E-state index contributed by atoms with van der Waals surface area (Å²) in [7, 11) is 0. The van der Waals surface area contributed by atoms with Gasteiger partial charge in [-0.3, -0.25) is 0 Å². The predicted octanol–water partition coefficient (Wildman–Crippen LogP) is 3.70. The number of nitrogen functional groups attached to an aromatic ring is 1.